The van der Waals surface area contributed by atoms with Crippen LogP contribution in [0.25, 0.3) is 0 Å². The summed E-state index contributed by atoms with van der Waals surface area (Å²) >= 11 is 0. The van der Waals surface area contributed by atoms with E-state index in [4.69, 9.17) is 9.16 Å². The van der Waals surface area contributed by atoms with E-state index in [0.29, 0.717) is 0 Å². The predicted octanol–water partition coefficient (Wildman–Crippen LogP) is 7.03. The Bertz CT molecular complexity index is 647. The molecule has 2 rings (SSSR count). The van der Waals surface area contributed by atoms with Gasteiger partial charge in [-0.25, -0.2) is 0 Å². The Morgan fingerprint density at radius 3 is 2.35 bits per heavy atom. The fourth-order valence-corrected chi connectivity index (χ4v) is 5.71. The molecular formula is C23H37O2Si. The van der Waals surface area contributed by atoms with Crippen molar-refractivity contribution < 1.29 is 9.16 Å². The van der Waals surface area contributed by atoms with E-state index < -0.39 is 9.04 Å². The second kappa shape index (κ2) is 7.42. The lowest BCUT2D eigenvalue weighted by Gasteiger charge is -2.34. The number of hydrogen-bond acceptors (Lipinski definition) is 2. The van der Waals surface area contributed by atoms with E-state index in [1.54, 1.807) is 0 Å². The Kier molecular flexibility index (Phi) is 6.02. The molecule has 2 nitrogen and oxygen atoms in total. The molecule has 145 valence electrons. The van der Waals surface area contributed by atoms with Crippen molar-refractivity contribution in [3.63, 3.8) is 0 Å². The predicted molar refractivity (Wildman–Crippen MR) is 113 cm³/mol. The number of benzene rings is 1. The van der Waals surface area contributed by atoms with E-state index >= 15 is 0 Å². The second-order valence-corrected chi connectivity index (χ2v) is 12.6. The molecule has 0 saturated heterocycles. The fourth-order valence-electron chi connectivity index (χ4n) is 3.57. The van der Waals surface area contributed by atoms with Gasteiger partial charge >= 0.3 is 0 Å². The van der Waals surface area contributed by atoms with Crippen LogP contribution in [0.15, 0.2) is 30.5 Å². The van der Waals surface area contributed by atoms with Gasteiger partial charge < -0.3 is 9.16 Å². The number of rotatable bonds is 4. The maximum atomic E-state index is 6.70. The summed E-state index contributed by atoms with van der Waals surface area (Å²) in [4.78, 5) is 0. The molecular weight excluding hydrogens is 336 g/mol. The molecule has 0 bridgehead atoms. The number of ether oxygens (including phenoxy) is 1. The molecule has 0 N–H and O–H groups in total. The summed E-state index contributed by atoms with van der Waals surface area (Å²) in [7, 11) is -0.943. The molecule has 1 radical (unpaired) electrons. The largest absolute Gasteiger partial charge is 0.542 e. The highest BCUT2D eigenvalue weighted by Gasteiger charge is 2.32. The molecule has 26 heavy (non-hydrogen) atoms. The van der Waals surface area contributed by atoms with Gasteiger partial charge in [-0.2, -0.15) is 0 Å². The quantitative estimate of drug-likeness (QED) is 0.527. The van der Waals surface area contributed by atoms with Gasteiger partial charge in [0.15, 0.2) is 0 Å². The van der Waals surface area contributed by atoms with E-state index in [-0.39, 0.29) is 22.3 Å². The van der Waals surface area contributed by atoms with Crippen LogP contribution in [0, 0.1) is 10.8 Å². The van der Waals surface area contributed by atoms with E-state index in [9.17, 15) is 0 Å². The lowest BCUT2D eigenvalue weighted by molar-refractivity contribution is 0.0828. The smallest absolute Gasteiger partial charge is 0.278 e. The molecule has 1 atom stereocenters. The highest BCUT2D eigenvalue weighted by Crippen LogP contribution is 2.44. The SMILES string of the molecule is C[Si](CC(C)(C)C)Oc1c(C2CC(C)(C)C=CO2)cccc1C(C)(C)C. The third kappa shape index (κ3) is 5.64. The summed E-state index contributed by atoms with van der Waals surface area (Å²) in [6.07, 6.45) is 5.05. The van der Waals surface area contributed by atoms with Crippen LogP contribution in [-0.4, -0.2) is 9.04 Å². The minimum absolute atomic E-state index is 0.0370. The Morgan fingerprint density at radius 1 is 1.15 bits per heavy atom. The zero-order valence-corrected chi connectivity index (χ0v) is 19.2. The molecule has 0 aliphatic carbocycles. The van der Waals surface area contributed by atoms with Gasteiger partial charge in [0.25, 0.3) is 9.04 Å². The van der Waals surface area contributed by atoms with E-state index in [1.807, 2.05) is 6.26 Å². The third-order valence-corrected chi connectivity index (χ3v) is 6.84. The van der Waals surface area contributed by atoms with Gasteiger partial charge in [-0.05, 0) is 46.9 Å². The highest BCUT2D eigenvalue weighted by atomic mass is 28.3. The molecule has 0 spiro atoms. The summed E-state index contributed by atoms with van der Waals surface area (Å²) in [5.74, 6) is 1.07. The van der Waals surface area contributed by atoms with Gasteiger partial charge in [-0.3, -0.25) is 0 Å². The second-order valence-electron chi connectivity index (χ2n) is 10.6. The Balaban J connectivity index is 2.43. The van der Waals surface area contributed by atoms with Gasteiger partial charge in [0.05, 0.1) is 6.26 Å². The summed E-state index contributed by atoms with van der Waals surface area (Å²) < 4.78 is 12.7. The van der Waals surface area contributed by atoms with Gasteiger partial charge in [-0.15, -0.1) is 0 Å². The van der Waals surface area contributed by atoms with Crippen molar-refractivity contribution in [2.45, 2.75) is 85.9 Å². The monoisotopic (exact) mass is 373 g/mol. The first-order valence-corrected chi connectivity index (χ1v) is 11.9. The van der Waals surface area contributed by atoms with Crippen molar-refractivity contribution in [1.29, 1.82) is 0 Å². The molecule has 1 aliphatic rings. The Hall–Kier alpha value is -1.22. The number of para-hydroxylation sites is 1. The Morgan fingerprint density at radius 2 is 1.81 bits per heavy atom. The Labute approximate surface area is 162 Å². The van der Waals surface area contributed by atoms with Crippen LogP contribution in [-0.2, 0) is 10.2 Å². The van der Waals surface area contributed by atoms with E-state index in [0.717, 1.165) is 18.2 Å². The minimum atomic E-state index is -0.943. The van der Waals surface area contributed by atoms with Crippen LogP contribution in [0.4, 0.5) is 0 Å². The van der Waals surface area contributed by atoms with E-state index in [1.165, 1.54) is 11.1 Å². The van der Waals surface area contributed by atoms with Crippen LogP contribution < -0.4 is 4.43 Å². The average Bonchev–Trinajstić information content (AvgIpc) is 2.43. The zero-order valence-electron chi connectivity index (χ0n) is 18.2. The van der Waals surface area contributed by atoms with Crippen molar-refractivity contribution in [1.82, 2.24) is 0 Å². The molecule has 0 fully saturated rings. The fraction of sp³-hybridized carbons (Fsp3) is 0.652. The van der Waals surface area contributed by atoms with Crippen molar-refractivity contribution in [2.75, 3.05) is 0 Å². The van der Waals surface area contributed by atoms with Gasteiger partial charge in [0.1, 0.15) is 11.9 Å². The van der Waals surface area contributed by atoms with E-state index in [2.05, 4.69) is 86.2 Å². The van der Waals surface area contributed by atoms with Crippen LogP contribution in [0.3, 0.4) is 0 Å². The summed E-state index contributed by atoms with van der Waals surface area (Å²) in [6.45, 7) is 20.5. The van der Waals surface area contributed by atoms with Crippen LogP contribution >= 0.6 is 0 Å². The summed E-state index contributed by atoms with van der Waals surface area (Å²) in [5.41, 5.74) is 2.95. The lowest BCUT2D eigenvalue weighted by Crippen LogP contribution is -2.27. The molecule has 0 amide bonds. The molecule has 1 unspecified atom stereocenters. The van der Waals surface area contributed by atoms with Crippen molar-refractivity contribution in [3.8, 4) is 5.75 Å². The molecule has 1 aromatic rings. The highest BCUT2D eigenvalue weighted by molar-refractivity contribution is 6.51. The molecule has 0 aromatic heterocycles. The number of allylic oxidation sites excluding steroid dienone is 1. The summed E-state index contributed by atoms with van der Waals surface area (Å²) in [6, 6.07) is 7.68. The van der Waals surface area contributed by atoms with Crippen LogP contribution in [0.1, 0.15) is 79.0 Å². The third-order valence-electron chi connectivity index (χ3n) is 4.73. The minimum Gasteiger partial charge on any atom is -0.542 e. The van der Waals surface area contributed by atoms with Crippen LogP contribution in [0.2, 0.25) is 12.6 Å². The first-order valence-electron chi connectivity index (χ1n) is 9.75. The van der Waals surface area contributed by atoms with Crippen molar-refractivity contribution in [2.24, 2.45) is 10.8 Å². The average molecular weight is 374 g/mol. The molecule has 0 saturated carbocycles. The summed E-state index contributed by atoms with van der Waals surface area (Å²) in [5, 5.41) is 0. The van der Waals surface area contributed by atoms with Gasteiger partial charge in [0, 0.05) is 5.56 Å². The molecule has 3 heteroatoms. The van der Waals surface area contributed by atoms with Gasteiger partial charge in [-0.1, -0.05) is 73.6 Å². The standard InChI is InChI=1S/C23H37O2Si/c1-21(2,3)16-26(9)25-20-17(11-10-12-18(20)22(4,5)6)19-15-23(7,8)13-14-24-19/h10-14,19H,15-16H2,1-9H3. The topological polar surface area (TPSA) is 18.5 Å². The van der Waals surface area contributed by atoms with Crippen LogP contribution in [0.5, 0.6) is 5.75 Å². The normalized spacial score (nSPS) is 20.2. The van der Waals surface area contributed by atoms with Crippen molar-refractivity contribution >= 4 is 9.04 Å². The maximum absolute atomic E-state index is 6.70. The van der Waals surface area contributed by atoms with Crippen molar-refractivity contribution in [3.05, 3.63) is 41.7 Å². The molecule has 1 aliphatic heterocycles. The maximum Gasteiger partial charge on any atom is 0.278 e. The number of hydrogen-bond donors (Lipinski definition) is 0. The molecule has 1 aromatic carbocycles. The lowest BCUT2D eigenvalue weighted by atomic mass is 9.80. The van der Waals surface area contributed by atoms with Gasteiger partial charge in [0.2, 0.25) is 0 Å². The molecule has 1 heterocycles. The zero-order chi connectivity index (χ0) is 19.8. The first kappa shape index (κ1) is 21.1. The first-order chi connectivity index (χ1) is 11.8.